The second kappa shape index (κ2) is 13.4. The maximum Gasteiger partial charge on any atom is 0.490 e. The van der Waals surface area contributed by atoms with Crippen LogP contribution in [0.3, 0.4) is 0 Å². The molecule has 0 radical (unpaired) electrons. The van der Waals surface area contributed by atoms with E-state index in [-0.39, 0.29) is 11.6 Å². The van der Waals surface area contributed by atoms with E-state index in [1.807, 2.05) is 39.0 Å². The molecule has 2 saturated heterocycles. The first-order valence-corrected chi connectivity index (χ1v) is 14.8. The van der Waals surface area contributed by atoms with Gasteiger partial charge in [-0.15, -0.1) is 0 Å². The van der Waals surface area contributed by atoms with E-state index < -0.39 is 17.7 Å². The van der Waals surface area contributed by atoms with Crippen LogP contribution >= 0.6 is 0 Å². The number of alkyl halides is 3. The summed E-state index contributed by atoms with van der Waals surface area (Å²) < 4.78 is 49.9. The number of esters is 1. The Balaban J connectivity index is 0.000000541. The number of piperidine rings is 2. The highest BCUT2D eigenvalue weighted by Gasteiger charge is 2.49. The Hall–Kier alpha value is -3.47. The highest BCUT2D eigenvalue weighted by atomic mass is 19.4. The minimum atomic E-state index is -5.08. The normalized spacial score (nSPS) is 18.4. The zero-order chi connectivity index (χ0) is 31.3. The number of carboxylic acid groups (broad SMARTS) is 1. The van der Waals surface area contributed by atoms with E-state index in [0.29, 0.717) is 11.3 Å². The number of anilines is 1. The number of benzene rings is 2. The molecule has 43 heavy (non-hydrogen) atoms. The summed E-state index contributed by atoms with van der Waals surface area (Å²) in [6.07, 6.45) is 1.56. The third kappa shape index (κ3) is 8.55. The number of aliphatic carboxylic acids is 1. The van der Waals surface area contributed by atoms with Crippen LogP contribution in [0.15, 0.2) is 42.5 Å². The van der Waals surface area contributed by atoms with Crippen LogP contribution in [0.5, 0.6) is 11.5 Å². The summed E-state index contributed by atoms with van der Waals surface area (Å²) in [7, 11) is 0. The SMILES string of the molecule is CC(C)(C)Oc1cccc2c1C(=O)OC21CCN(c2ccc(OCCCN3CCCCC3)cc2)CC1.O=C(O)C(F)(F)F. The average Bonchev–Trinajstić information content (AvgIpc) is 3.23. The van der Waals surface area contributed by atoms with Gasteiger partial charge in [0.05, 0.1) is 6.61 Å². The standard InChI is InChI=1S/C30H40N2O4.C2HF3O2/c1-29(2,3)35-26-10-7-9-25-27(26)28(33)36-30(25)15-20-32(21-16-30)23-11-13-24(14-12-23)34-22-8-19-31-17-5-4-6-18-31;3-2(4,5)1(6)7/h7,9-14H,4-6,8,15-22H2,1-3H3;(H,6,7). The van der Waals surface area contributed by atoms with Gasteiger partial charge < -0.3 is 29.1 Å². The predicted octanol–water partition coefficient (Wildman–Crippen LogP) is 6.42. The Morgan fingerprint density at radius 3 is 2.19 bits per heavy atom. The molecular weight excluding hydrogens is 565 g/mol. The maximum atomic E-state index is 12.9. The predicted molar refractivity (Wildman–Crippen MR) is 156 cm³/mol. The zero-order valence-corrected chi connectivity index (χ0v) is 25.0. The molecule has 3 heterocycles. The monoisotopic (exact) mass is 606 g/mol. The molecule has 3 aliphatic heterocycles. The summed E-state index contributed by atoms with van der Waals surface area (Å²) in [5, 5.41) is 7.12. The number of halogens is 3. The van der Waals surface area contributed by atoms with Gasteiger partial charge in [-0.3, -0.25) is 0 Å². The van der Waals surface area contributed by atoms with Crippen LogP contribution in [-0.4, -0.2) is 73.1 Å². The van der Waals surface area contributed by atoms with Crippen molar-refractivity contribution in [3.05, 3.63) is 53.6 Å². The van der Waals surface area contributed by atoms with Gasteiger partial charge in [-0.05, 0) is 83.5 Å². The molecule has 11 heteroatoms. The number of nitrogens with zero attached hydrogens (tertiary/aromatic N) is 2. The third-order valence-electron chi connectivity index (χ3n) is 7.78. The Bertz CT molecular complexity index is 1250. The van der Waals surface area contributed by atoms with E-state index >= 15 is 0 Å². The minimum Gasteiger partial charge on any atom is -0.494 e. The molecule has 2 aromatic rings. The van der Waals surface area contributed by atoms with Crippen molar-refractivity contribution in [1.82, 2.24) is 4.90 Å². The molecule has 2 aromatic carbocycles. The number of ether oxygens (including phenoxy) is 3. The van der Waals surface area contributed by atoms with E-state index in [4.69, 9.17) is 24.1 Å². The van der Waals surface area contributed by atoms with E-state index in [2.05, 4.69) is 34.1 Å². The molecule has 0 aliphatic carbocycles. The number of carbonyl (C=O) groups excluding carboxylic acids is 1. The fraction of sp³-hybridized carbons (Fsp3) is 0.562. The van der Waals surface area contributed by atoms with Crippen molar-refractivity contribution in [2.24, 2.45) is 0 Å². The van der Waals surface area contributed by atoms with Crippen LogP contribution in [0.2, 0.25) is 0 Å². The lowest BCUT2D eigenvalue weighted by molar-refractivity contribution is -0.192. The first-order chi connectivity index (χ1) is 20.3. The number of fused-ring (bicyclic) bond motifs is 2. The van der Waals surface area contributed by atoms with Crippen LogP contribution in [-0.2, 0) is 15.1 Å². The summed E-state index contributed by atoms with van der Waals surface area (Å²) in [4.78, 5) is 26.7. The lowest BCUT2D eigenvalue weighted by Crippen LogP contribution is -2.42. The van der Waals surface area contributed by atoms with Gasteiger partial charge in [-0.1, -0.05) is 18.6 Å². The zero-order valence-electron chi connectivity index (χ0n) is 25.0. The second-order valence-corrected chi connectivity index (χ2v) is 12.2. The Labute approximate surface area is 250 Å². The average molecular weight is 607 g/mol. The lowest BCUT2D eigenvalue weighted by atomic mass is 9.83. The molecule has 0 atom stereocenters. The highest BCUT2D eigenvalue weighted by molar-refractivity contribution is 5.97. The van der Waals surface area contributed by atoms with Crippen molar-refractivity contribution in [3.8, 4) is 11.5 Å². The Morgan fingerprint density at radius 2 is 1.60 bits per heavy atom. The summed E-state index contributed by atoms with van der Waals surface area (Å²) in [6.45, 7) is 12.0. The largest absolute Gasteiger partial charge is 0.494 e. The summed E-state index contributed by atoms with van der Waals surface area (Å²) in [5.41, 5.74) is 1.82. The number of likely N-dealkylation sites (tertiary alicyclic amines) is 1. The molecule has 0 aromatic heterocycles. The number of rotatable bonds is 7. The summed E-state index contributed by atoms with van der Waals surface area (Å²) >= 11 is 0. The maximum absolute atomic E-state index is 12.9. The highest BCUT2D eigenvalue weighted by Crippen LogP contribution is 2.47. The molecule has 236 valence electrons. The van der Waals surface area contributed by atoms with Crippen LogP contribution in [0.4, 0.5) is 18.9 Å². The number of carbonyl (C=O) groups is 2. The van der Waals surface area contributed by atoms with Gasteiger partial charge in [0.2, 0.25) is 0 Å². The van der Waals surface area contributed by atoms with Crippen LogP contribution in [0.25, 0.3) is 0 Å². The minimum absolute atomic E-state index is 0.264. The number of hydrogen-bond acceptors (Lipinski definition) is 7. The fourth-order valence-corrected chi connectivity index (χ4v) is 5.73. The smallest absolute Gasteiger partial charge is 0.490 e. The van der Waals surface area contributed by atoms with E-state index in [1.54, 1.807) is 0 Å². The van der Waals surface area contributed by atoms with Crippen molar-refractivity contribution in [2.45, 2.75) is 76.7 Å². The Kier molecular flexibility index (Phi) is 10.1. The topological polar surface area (TPSA) is 88.5 Å². The van der Waals surface area contributed by atoms with Crippen molar-refractivity contribution < 1.29 is 42.1 Å². The molecular formula is C32H41F3N2O6. The van der Waals surface area contributed by atoms with Gasteiger partial charge in [0.15, 0.2) is 0 Å². The summed E-state index contributed by atoms with van der Waals surface area (Å²) in [5.74, 6) is -1.47. The molecule has 0 unspecified atom stereocenters. The van der Waals surface area contributed by atoms with E-state index in [9.17, 15) is 18.0 Å². The van der Waals surface area contributed by atoms with Crippen molar-refractivity contribution in [2.75, 3.05) is 44.2 Å². The molecule has 8 nitrogen and oxygen atoms in total. The first-order valence-electron chi connectivity index (χ1n) is 14.8. The van der Waals surface area contributed by atoms with Gasteiger partial charge in [0, 0.05) is 43.7 Å². The molecule has 0 amide bonds. The lowest BCUT2D eigenvalue weighted by Gasteiger charge is -2.39. The number of hydrogen-bond donors (Lipinski definition) is 1. The molecule has 3 aliphatic rings. The van der Waals surface area contributed by atoms with Gasteiger partial charge >= 0.3 is 18.1 Å². The number of carboxylic acids is 1. The molecule has 0 bridgehead atoms. The van der Waals surface area contributed by atoms with Crippen molar-refractivity contribution >= 4 is 17.6 Å². The molecule has 5 rings (SSSR count). The van der Waals surface area contributed by atoms with Gasteiger partial charge in [-0.2, -0.15) is 13.2 Å². The summed E-state index contributed by atoms with van der Waals surface area (Å²) in [6, 6.07) is 14.3. The van der Waals surface area contributed by atoms with Crippen LogP contribution in [0, 0.1) is 0 Å². The first kappa shape index (κ1) is 32.4. The van der Waals surface area contributed by atoms with Crippen molar-refractivity contribution in [1.29, 1.82) is 0 Å². The molecule has 2 fully saturated rings. The fourth-order valence-electron chi connectivity index (χ4n) is 5.73. The molecule has 1 N–H and O–H groups in total. The van der Waals surface area contributed by atoms with Crippen LogP contribution in [0.1, 0.15) is 75.2 Å². The van der Waals surface area contributed by atoms with Crippen molar-refractivity contribution in [3.63, 3.8) is 0 Å². The Morgan fingerprint density at radius 1 is 0.977 bits per heavy atom. The van der Waals surface area contributed by atoms with Gasteiger partial charge in [0.1, 0.15) is 28.3 Å². The van der Waals surface area contributed by atoms with E-state index in [0.717, 1.165) is 56.8 Å². The van der Waals surface area contributed by atoms with Crippen LogP contribution < -0.4 is 14.4 Å². The molecule has 1 spiro atoms. The quantitative estimate of drug-likeness (QED) is 0.286. The molecule has 0 saturated carbocycles. The second-order valence-electron chi connectivity index (χ2n) is 12.2. The van der Waals surface area contributed by atoms with Gasteiger partial charge in [0.25, 0.3) is 0 Å². The van der Waals surface area contributed by atoms with Gasteiger partial charge in [-0.25, -0.2) is 9.59 Å². The third-order valence-corrected chi connectivity index (χ3v) is 7.78. The van der Waals surface area contributed by atoms with E-state index in [1.165, 1.54) is 38.0 Å².